The van der Waals surface area contributed by atoms with Crippen LogP contribution in [0.25, 0.3) is 16.8 Å². The van der Waals surface area contributed by atoms with Crippen LogP contribution in [0.15, 0.2) is 61.2 Å². The molecule has 1 aliphatic rings. The molecule has 3 aromatic carbocycles. The van der Waals surface area contributed by atoms with Gasteiger partial charge in [0.05, 0.1) is 11.3 Å². The van der Waals surface area contributed by atoms with Gasteiger partial charge in [-0.25, -0.2) is 0 Å². The Labute approximate surface area is 133 Å². The normalized spacial score (nSPS) is 12.7. The molecule has 4 rings (SSSR count). The first-order valence-corrected chi connectivity index (χ1v) is 7.24. The molecule has 1 aliphatic heterocycles. The lowest BCUT2D eigenvalue weighted by Gasteiger charge is -2.18. The molecule has 4 nitrogen and oxygen atoms in total. The fourth-order valence-corrected chi connectivity index (χ4v) is 3.11. The van der Waals surface area contributed by atoms with Gasteiger partial charge in [-0.05, 0) is 35.2 Å². The Morgan fingerprint density at radius 3 is 2.70 bits per heavy atom. The van der Waals surface area contributed by atoms with Crippen LogP contribution in [0.3, 0.4) is 0 Å². The van der Waals surface area contributed by atoms with Crippen molar-refractivity contribution in [3.63, 3.8) is 0 Å². The zero-order valence-electron chi connectivity index (χ0n) is 12.3. The minimum Gasteiger partial charge on any atom is -0.411 e. The van der Waals surface area contributed by atoms with Crippen molar-refractivity contribution in [2.45, 2.75) is 0 Å². The van der Waals surface area contributed by atoms with Gasteiger partial charge < -0.3 is 4.84 Å². The molecule has 0 aromatic heterocycles. The lowest BCUT2D eigenvalue weighted by molar-refractivity contribution is 0.100. The van der Waals surface area contributed by atoms with E-state index in [2.05, 4.69) is 6.58 Å². The molecule has 0 aliphatic carbocycles. The molecule has 0 atom stereocenters. The van der Waals surface area contributed by atoms with Crippen molar-refractivity contribution in [1.29, 1.82) is 0 Å². The Balaban J connectivity index is 2.00. The van der Waals surface area contributed by atoms with Gasteiger partial charge in [0.2, 0.25) is 0 Å². The van der Waals surface area contributed by atoms with Gasteiger partial charge in [0.25, 0.3) is 5.91 Å². The van der Waals surface area contributed by atoms with Crippen molar-refractivity contribution in [1.82, 2.24) is 0 Å². The minimum atomic E-state index is -0.140. The summed E-state index contributed by atoms with van der Waals surface area (Å²) in [6, 6.07) is 17.1. The molecule has 0 unspecified atom stereocenters. The first kappa shape index (κ1) is 13.5. The van der Waals surface area contributed by atoms with Crippen molar-refractivity contribution in [3.8, 4) is 5.75 Å². The molecule has 0 saturated carbocycles. The number of carbonyl (C=O) groups excluding carboxylic acids is 1. The molecule has 1 amide bonds. The first-order chi connectivity index (χ1) is 11.2. The van der Waals surface area contributed by atoms with Gasteiger partial charge in [0.15, 0.2) is 5.75 Å². The van der Waals surface area contributed by atoms with Gasteiger partial charge in [-0.2, -0.15) is 5.90 Å². The summed E-state index contributed by atoms with van der Waals surface area (Å²) in [5.74, 6) is 5.59. The number of anilines is 2. The predicted octanol–water partition coefficient (Wildman–Crippen LogP) is 4.03. The van der Waals surface area contributed by atoms with E-state index >= 15 is 0 Å². The van der Waals surface area contributed by atoms with Gasteiger partial charge in [0.1, 0.15) is 0 Å². The Morgan fingerprint density at radius 1 is 1.09 bits per heavy atom. The number of nitrogens with two attached hydrogens (primary N) is 1. The summed E-state index contributed by atoms with van der Waals surface area (Å²) in [6.07, 6.45) is 1.76. The Kier molecular flexibility index (Phi) is 2.93. The number of amides is 1. The Morgan fingerprint density at radius 2 is 1.91 bits per heavy atom. The standard InChI is InChI=1S/C19H14N2O2/c1-2-12-5-3-7-14(11-12)21-15-8-4-6-13-9-10-16(23-20)18(17(13)15)19(21)22/h2-11H,1,20H2. The molecule has 0 saturated heterocycles. The van der Waals surface area contributed by atoms with Crippen molar-refractivity contribution in [3.05, 3.63) is 72.3 Å². The van der Waals surface area contributed by atoms with Crippen LogP contribution in [-0.4, -0.2) is 5.91 Å². The fraction of sp³-hybridized carbons (Fsp3) is 0. The van der Waals surface area contributed by atoms with Crippen LogP contribution in [-0.2, 0) is 0 Å². The lowest BCUT2D eigenvalue weighted by atomic mass is 10.0. The number of hydrogen-bond donors (Lipinski definition) is 1. The van der Waals surface area contributed by atoms with E-state index in [1.165, 1.54) is 0 Å². The highest BCUT2D eigenvalue weighted by Gasteiger charge is 2.34. The van der Waals surface area contributed by atoms with Crippen molar-refractivity contribution < 1.29 is 9.63 Å². The van der Waals surface area contributed by atoms with Gasteiger partial charge in [-0.1, -0.05) is 43.0 Å². The van der Waals surface area contributed by atoms with E-state index in [4.69, 9.17) is 10.7 Å². The molecule has 23 heavy (non-hydrogen) atoms. The van der Waals surface area contributed by atoms with Crippen molar-refractivity contribution in [2.75, 3.05) is 4.90 Å². The zero-order valence-corrected chi connectivity index (χ0v) is 12.3. The molecule has 112 valence electrons. The molecule has 4 heteroatoms. The van der Waals surface area contributed by atoms with E-state index in [0.717, 1.165) is 27.7 Å². The molecule has 0 radical (unpaired) electrons. The summed E-state index contributed by atoms with van der Waals surface area (Å²) in [4.78, 5) is 19.6. The monoisotopic (exact) mass is 302 g/mol. The largest absolute Gasteiger partial charge is 0.411 e. The molecule has 0 spiro atoms. The molecular weight excluding hydrogens is 288 g/mol. The second kappa shape index (κ2) is 4.97. The Hall–Kier alpha value is -3.11. The van der Waals surface area contributed by atoms with Crippen LogP contribution < -0.4 is 15.6 Å². The van der Waals surface area contributed by atoms with E-state index < -0.39 is 0 Å². The SMILES string of the molecule is C=Cc1cccc(N2C(=O)c3c(ON)ccc4cccc2c34)c1. The third-order valence-corrected chi connectivity index (χ3v) is 4.13. The lowest BCUT2D eigenvalue weighted by Crippen LogP contribution is -2.21. The summed E-state index contributed by atoms with van der Waals surface area (Å²) in [6.45, 7) is 3.78. The maximum atomic E-state index is 13.0. The second-order valence-electron chi connectivity index (χ2n) is 5.37. The topological polar surface area (TPSA) is 55.6 Å². The van der Waals surface area contributed by atoms with E-state index in [1.54, 1.807) is 17.0 Å². The third kappa shape index (κ3) is 1.86. The number of carbonyl (C=O) groups is 1. The van der Waals surface area contributed by atoms with E-state index in [-0.39, 0.29) is 5.91 Å². The summed E-state index contributed by atoms with van der Waals surface area (Å²) >= 11 is 0. The van der Waals surface area contributed by atoms with Crippen LogP contribution >= 0.6 is 0 Å². The van der Waals surface area contributed by atoms with Gasteiger partial charge >= 0.3 is 0 Å². The van der Waals surface area contributed by atoms with E-state index in [0.29, 0.717) is 11.3 Å². The van der Waals surface area contributed by atoms with E-state index in [9.17, 15) is 4.79 Å². The van der Waals surface area contributed by atoms with Gasteiger partial charge in [-0.15, -0.1) is 0 Å². The maximum absolute atomic E-state index is 13.0. The summed E-state index contributed by atoms with van der Waals surface area (Å²) < 4.78 is 0. The predicted molar refractivity (Wildman–Crippen MR) is 91.8 cm³/mol. The van der Waals surface area contributed by atoms with Gasteiger partial charge in [-0.3, -0.25) is 9.69 Å². The van der Waals surface area contributed by atoms with Crippen molar-refractivity contribution >= 4 is 34.1 Å². The summed E-state index contributed by atoms with van der Waals surface area (Å²) in [5, 5.41) is 1.85. The number of benzene rings is 3. The van der Waals surface area contributed by atoms with Crippen LogP contribution in [0.1, 0.15) is 15.9 Å². The first-order valence-electron chi connectivity index (χ1n) is 7.24. The van der Waals surface area contributed by atoms with Crippen LogP contribution in [0, 0.1) is 0 Å². The molecule has 3 aromatic rings. The average Bonchev–Trinajstić information content (AvgIpc) is 2.90. The second-order valence-corrected chi connectivity index (χ2v) is 5.37. The number of nitrogens with zero attached hydrogens (tertiary/aromatic N) is 1. The number of rotatable bonds is 3. The maximum Gasteiger partial charge on any atom is 0.267 e. The zero-order chi connectivity index (χ0) is 16.0. The quantitative estimate of drug-likeness (QED) is 0.743. The van der Waals surface area contributed by atoms with Gasteiger partial charge in [0, 0.05) is 11.1 Å². The third-order valence-electron chi connectivity index (χ3n) is 4.13. The van der Waals surface area contributed by atoms with Crippen molar-refractivity contribution in [2.24, 2.45) is 5.90 Å². The highest BCUT2D eigenvalue weighted by atomic mass is 16.6. The molecule has 0 bridgehead atoms. The van der Waals surface area contributed by atoms with E-state index in [1.807, 2.05) is 48.5 Å². The molecule has 0 fully saturated rings. The highest BCUT2D eigenvalue weighted by molar-refractivity contribution is 6.29. The summed E-state index contributed by atoms with van der Waals surface area (Å²) in [7, 11) is 0. The molecule has 2 N–H and O–H groups in total. The minimum absolute atomic E-state index is 0.140. The molecule has 1 heterocycles. The number of hydrogen-bond acceptors (Lipinski definition) is 3. The smallest absolute Gasteiger partial charge is 0.267 e. The van der Waals surface area contributed by atoms with Crippen LogP contribution in [0.5, 0.6) is 5.75 Å². The Bertz CT molecular complexity index is 963. The highest BCUT2D eigenvalue weighted by Crippen LogP contribution is 2.44. The van der Waals surface area contributed by atoms with Crippen LogP contribution in [0.2, 0.25) is 0 Å². The fourth-order valence-electron chi connectivity index (χ4n) is 3.11. The molecular formula is C19H14N2O2. The summed E-state index contributed by atoms with van der Waals surface area (Å²) in [5.41, 5.74) is 3.08. The average molecular weight is 302 g/mol. The van der Waals surface area contributed by atoms with Crippen LogP contribution in [0.4, 0.5) is 11.4 Å².